The average molecular weight is 567 g/mol. The Hall–Kier alpha value is -1.16. The quantitative estimate of drug-likeness (QED) is 0.465. The van der Waals surface area contributed by atoms with E-state index in [9.17, 15) is 9.59 Å². The molecule has 1 aliphatic heterocycles. The predicted octanol–water partition coefficient (Wildman–Crippen LogP) is 5.21. The highest BCUT2D eigenvalue weighted by atomic mass is 79.9. The van der Waals surface area contributed by atoms with Crippen molar-refractivity contribution < 1.29 is 23.8 Å². The minimum Gasteiger partial charge on any atom is -0.496 e. The lowest BCUT2D eigenvalue weighted by molar-refractivity contribution is -0.139. The number of cyclic esters (lactones) is 1. The Bertz CT molecular complexity index is 886. The zero-order valence-corrected chi connectivity index (χ0v) is 18.8. The first-order valence-corrected chi connectivity index (χ1v) is 10.5. The normalized spacial score (nSPS) is 16.2. The third-order valence-electron chi connectivity index (χ3n) is 3.52. The Kier molecular flexibility index (Phi) is 6.21. The largest absolute Gasteiger partial charge is 0.496 e. The fourth-order valence-electron chi connectivity index (χ4n) is 2.30. The lowest BCUT2D eigenvalue weighted by Gasteiger charge is -2.08. The smallest absolute Gasteiger partial charge is 0.348 e. The number of benzene rings is 1. The van der Waals surface area contributed by atoms with Gasteiger partial charge in [-0.15, -0.1) is 11.3 Å². The number of halogens is 3. The Morgan fingerprint density at radius 2 is 2.00 bits per heavy atom. The van der Waals surface area contributed by atoms with Crippen molar-refractivity contribution in [3.63, 3.8) is 0 Å². The minimum absolute atomic E-state index is 0.0431. The summed E-state index contributed by atoms with van der Waals surface area (Å²) in [6.45, 7) is -0.0431. The standard InChI is InChI=1S/C17H11Br3O5S/c1-23-13-3-2-8(4-11(13)18)10-5-9(25-16(10)21)7-24-17(22)14-6-12(19)15(20)26-14/h2-6,9H,7H2,1H3. The average Bonchev–Trinajstić information content (AvgIpc) is 3.15. The summed E-state index contributed by atoms with van der Waals surface area (Å²) in [4.78, 5) is 24.7. The number of rotatable bonds is 5. The lowest BCUT2D eigenvalue weighted by Crippen LogP contribution is -2.18. The third-order valence-corrected chi connectivity index (χ3v) is 7.37. The Balaban J connectivity index is 1.68. The van der Waals surface area contributed by atoms with E-state index in [1.54, 1.807) is 37.5 Å². The van der Waals surface area contributed by atoms with Gasteiger partial charge in [-0.1, -0.05) is 6.07 Å². The van der Waals surface area contributed by atoms with Gasteiger partial charge in [-0.05, 0) is 77.6 Å². The summed E-state index contributed by atoms with van der Waals surface area (Å²) >= 11 is 11.3. The van der Waals surface area contributed by atoms with Crippen LogP contribution in [0.4, 0.5) is 0 Å². The zero-order chi connectivity index (χ0) is 18.8. The van der Waals surface area contributed by atoms with Crippen molar-refractivity contribution in [1.29, 1.82) is 0 Å². The van der Waals surface area contributed by atoms with Crippen LogP contribution in [0.5, 0.6) is 5.75 Å². The van der Waals surface area contributed by atoms with Gasteiger partial charge in [0.25, 0.3) is 0 Å². The molecule has 136 valence electrons. The molecule has 1 aliphatic rings. The summed E-state index contributed by atoms with van der Waals surface area (Å²) in [5.74, 6) is -0.254. The van der Waals surface area contributed by atoms with E-state index in [4.69, 9.17) is 14.2 Å². The number of carbonyl (C=O) groups is 2. The summed E-state index contributed by atoms with van der Waals surface area (Å²) in [6.07, 6.45) is 1.04. The molecule has 0 radical (unpaired) electrons. The van der Waals surface area contributed by atoms with E-state index in [0.29, 0.717) is 21.8 Å². The number of methoxy groups -OCH3 is 1. The summed E-state index contributed by atoms with van der Waals surface area (Å²) in [5, 5.41) is 0. The molecule has 1 unspecified atom stereocenters. The summed E-state index contributed by atoms with van der Waals surface area (Å²) in [6, 6.07) is 6.98. The van der Waals surface area contributed by atoms with Crippen molar-refractivity contribution in [2.75, 3.05) is 13.7 Å². The summed E-state index contributed by atoms with van der Waals surface area (Å²) < 4.78 is 18.0. The maximum atomic E-state index is 12.1. The number of carbonyl (C=O) groups excluding carboxylic acids is 2. The molecule has 2 heterocycles. The van der Waals surface area contributed by atoms with Gasteiger partial charge in [0, 0.05) is 4.47 Å². The van der Waals surface area contributed by atoms with Gasteiger partial charge in [-0.3, -0.25) is 0 Å². The first-order valence-electron chi connectivity index (χ1n) is 7.27. The molecule has 5 nitrogen and oxygen atoms in total. The van der Waals surface area contributed by atoms with Crippen LogP contribution in [0.3, 0.4) is 0 Å². The summed E-state index contributed by atoms with van der Waals surface area (Å²) in [7, 11) is 1.57. The lowest BCUT2D eigenvalue weighted by atomic mass is 10.1. The molecule has 1 aromatic carbocycles. The highest BCUT2D eigenvalue weighted by Crippen LogP contribution is 2.33. The number of esters is 2. The molecule has 0 N–H and O–H groups in total. The van der Waals surface area contributed by atoms with Crippen molar-refractivity contribution in [2.24, 2.45) is 0 Å². The van der Waals surface area contributed by atoms with Gasteiger partial charge in [0.2, 0.25) is 0 Å². The maximum Gasteiger partial charge on any atom is 0.348 e. The second-order valence-electron chi connectivity index (χ2n) is 5.20. The van der Waals surface area contributed by atoms with Crippen LogP contribution in [0.2, 0.25) is 0 Å². The van der Waals surface area contributed by atoms with Crippen molar-refractivity contribution in [3.05, 3.63) is 53.5 Å². The first kappa shape index (κ1) is 19.6. The summed E-state index contributed by atoms with van der Waals surface area (Å²) in [5.41, 5.74) is 1.12. The second-order valence-corrected chi connectivity index (χ2v) is 9.28. The van der Waals surface area contributed by atoms with E-state index in [1.807, 2.05) is 0 Å². The zero-order valence-electron chi connectivity index (χ0n) is 13.3. The van der Waals surface area contributed by atoms with Gasteiger partial charge < -0.3 is 14.2 Å². The molecule has 0 saturated carbocycles. The highest BCUT2D eigenvalue weighted by Gasteiger charge is 2.28. The van der Waals surface area contributed by atoms with Gasteiger partial charge in [0.15, 0.2) is 6.10 Å². The Morgan fingerprint density at radius 1 is 1.23 bits per heavy atom. The van der Waals surface area contributed by atoms with Crippen LogP contribution in [-0.2, 0) is 14.3 Å². The number of thiophene rings is 1. The Morgan fingerprint density at radius 3 is 2.62 bits per heavy atom. The molecular weight excluding hydrogens is 556 g/mol. The fourth-order valence-corrected chi connectivity index (χ4v) is 4.77. The van der Waals surface area contributed by atoms with E-state index < -0.39 is 18.0 Å². The van der Waals surface area contributed by atoms with Crippen LogP contribution in [0, 0.1) is 0 Å². The highest BCUT2D eigenvalue weighted by molar-refractivity contribution is 9.13. The van der Waals surface area contributed by atoms with Crippen molar-refractivity contribution in [2.45, 2.75) is 6.10 Å². The van der Waals surface area contributed by atoms with Gasteiger partial charge >= 0.3 is 11.9 Å². The van der Waals surface area contributed by atoms with Crippen LogP contribution in [0.25, 0.3) is 5.57 Å². The fraction of sp³-hybridized carbons (Fsp3) is 0.176. The molecule has 1 aromatic heterocycles. The second kappa shape index (κ2) is 8.24. The molecule has 3 rings (SSSR count). The van der Waals surface area contributed by atoms with Crippen LogP contribution in [0.15, 0.2) is 43.1 Å². The number of hydrogen-bond donors (Lipinski definition) is 0. The molecule has 0 bridgehead atoms. The topological polar surface area (TPSA) is 61.8 Å². The number of hydrogen-bond acceptors (Lipinski definition) is 6. The molecule has 9 heteroatoms. The minimum atomic E-state index is -0.617. The van der Waals surface area contributed by atoms with Crippen LogP contribution in [0.1, 0.15) is 15.2 Å². The molecule has 1 atom stereocenters. The molecule has 0 saturated heterocycles. The van der Waals surface area contributed by atoms with Gasteiger partial charge in [-0.2, -0.15) is 0 Å². The van der Waals surface area contributed by atoms with Crippen molar-refractivity contribution in [1.82, 2.24) is 0 Å². The van der Waals surface area contributed by atoms with Crippen LogP contribution >= 0.6 is 59.1 Å². The monoisotopic (exact) mass is 564 g/mol. The third kappa shape index (κ3) is 4.21. The van der Waals surface area contributed by atoms with Crippen LogP contribution < -0.4 is 4.74 Å². The van der Waals surface area contributed by atoms with Gasteiger partial charge in [-0.25, -0.2) is 9.59 Å². The van der Waals surface area contributed by atoms with Crippen molar-refractivity contribution >= 4 is 76.6 Å². The SMILES string of the molecule is COc1ccc(C2=CC(COC(=O)c3cc(Br)c(Br)s3)OC2=O)cc1Br. The van der Waals surface area contributed by atoms with E-state index in [0.717, 1.165) is 12.7 Å². The molecular formula is C17H11Br3O5S. The van der Waals surface area contributed by atoms with Gasteiger partial charge in [0.1, 0.15) is 17.2 Å². The molecule has 0 amide bonds. The molecule has 0 fully saturated rings. The maximum absolute atomic E-state index is 12.1. The number of ether oxygens (including phenoxy) is 3. The first-order chi connectivity index (χ1) is 12.4. The van der Waals surface area contributed by atoms with Gasteiger partial charge in [0.05, 0.1) is 20.9 Å². The predicted molar refractivity (Wildman–Crippen MR) is 109 cm³/mol. The molecule has 0 aliphatic carbocycles. The van der Waals surface area contributed by atoms with Crippen molar-refractivity contribution in [3.8, 4) is 5.75 Å². The van der Waals surface area contributed by atoms with E-state index >= 15 is 0 Å². The van der Waals surface area contributed by atoms with E-state index in [2.05, 4.69) is 47.8 Å². The molecule has 2 aromatic rings. The van der Waals surface area contributed by atoms with E-state index in [-0.39, 0.29) is 6.61 Å². The molecule has 26 heavy (non-hydrogen) atoms. The molecule has 0 spiro atoms. The van der Waals surface area contributed by atoms with Crippen LogP contribution in [-0.4, -0.2) is 31.8 Å². The van der Waals surface area contributed by atoms with E-state index in [1.165, 1.54) is 11.3 Å². The Labute approximate surface area is 178 Å².